The van der Waals surface area contributed by atoms with Crippen LogP contribution in [0.3, 0.4) is 0 Å². The third kappa shape index (κ3) is 4.04. The number of hydrogen-bond donors (Lipinski definition) is 2. The lowest BCUT2D eigenvalue weighted by Gasteiger charge is -2.23. The number of anilines is 1. The molecule has 1 saturated heterocycles. The quantitative estimate of drug-likeness (QED) is 0.853. The number of benzene rings is 1. The topological polar surface area (TPSA) is 50.4 Å². The number of nitrogens with one attached hydrogen (secondary N) is 2. The van der Waals surface area contributed by atoms with E-state index < -0.39 is 0 Å². The molecule has 1 aliphatic heterocycles. The number of methoxy groups -OCH3 is 1. The van der Waals surface area contributed by atoms with E-state index in [0.29, 0.717) is 6.61 Å². The Morgan fingerprint density at radius 3 is 3.00 bits per heavy atom. The standard InChI is InChI=1S/C15H22N2O2/c1-19-11-9-12-6-2-3-7-13(12)17-15(18)14-8-4-5-10-16-14/h2-3,6-7,14,16H,4-5,8-11H2,1H3,(H,17,18)/t14-/m1/s1. The number of rotatable bonds is 5. The molecule has 4 nitrogen and oxygen atoms in total. The van der Waals surface area contributed by atoms with Gasteiger partial charge in [-0.3, -0.25) is 4.79 Å². The van der Waals surface area contributed by atoms with Gasteiger partial charge in [0.25, 0.3) is 0 Å². The summed E-state index contributed by atoms with van der Waals surface area (Å²) in [6.07, 6.45) is 4.02. The maximum Gasteiger partial charge on any atom is 0.241 e. The molecule has 1 aliphatic rings. The highest BCUT2D eigenvalue weighted by atomic mass is 16.5. The summed E-state index contributed by atoms with van der Waals surface area (Å²) < 4.78 is 5.10. The van der Waals surface area contributed by atoms with Crippen molar-refractivity contribution in [1.29, 1.82) is 0 Å². The first-order valence-corrected chi connectivity index (χ1v) is 6.92. The lowest BCUT2D eigenvalue weighted by Crippen LogP contribution is -2.43. The van der Waals surface area contributed by atoms with Gasteiger partial charge in [0.2, 0.25) is 5.91 Å². The Morgan fingerprint density at radius 2 is 2.26 bits per heavy atom. The van der Waals surface area contributed by atoms with E-state index in [-0.39, 0.29) is 11.9 Å². The van der Waals surface area contributed by atoms with E-state index in [1.54, 1.807) is 7.11 Å². The van der Waals surface area contributed by atoms with Crippen LogP contribution in [0.5, 0.6) is 0 Å². The van der Waals surface area contributed by atoms with E-state index >= 15 is 0 Å². The van der Waals surface area contributed by atoms with E-state index in [4.69, 9.17) is 4.74 Å². The zero-order valence-electron chi connectivity index (χ0n) is 11.4. The zero-order valence-corrected chi connectivity index (χ0v) is 11.4. The van der Waals surface area contributed by atoms with Crippen molar-refractivity contribution in [2.45, 2.75) is 31.7 Å². The maximum atomic E-state index is 12.2. The number of carbonyl (C=O) groups excluding carboxylic acids is 1. The Morgan fingerprint density at radius 1 is 1.42 bits per heavy atom. The maximum absolute atomic E-state index is 12.2. The number of piperidine rings is 1. The summed E-state index contributed by atoms with van der Waals surface area (Å²) in [7, 11) is 1.69. The van der Waals surface area contributed by atoms with Crippen LogP contribution in [0, 0.1) is 0 Å². The highest BCUT2D eigenvalue weighted by molar-refractivity contribution is 5.95. The van der Waals surface area contributed by atoms with E-state index in [0.717, 1.165) is 43.5 Å². The van der Waals surface area contributed by atoms with Crippen molar-refractivity contribution >= 4 is 11.6 Å². The summed E-state index contributed by atoms with van der Waals surface area (Å²) in [5.74, 6) is 0.0737. The molecule has 1 heterocycles. The Balaban J connectivity index is 1.99. The van der Waals surface area contributed by atoms with Gasteiger partial charge in [-0.2, -0.15) is 0 Å². The van der Waals surface area contributed by atoms with Crippen LogP contribution in [0.4, 0.5) is 5.69 Å². The van der Waals surface area contributed by atoms with Crippen molar-refractivity contribution in [2.24, 2.45) is 0 Å². The van der Waals surface area contributed by atoms with Crippen LogP contribution in [-0.4, -0.2) is 32.2 Å². The molecule has 0 bridgehead atoms. The summed E-state index contributed by atoms with van der Waals surface area (Å²) >= 11 is 0. The van der Waals surface area contributed by atoms with Crippen molar-refractivity contribution in [3.63, 3.8) is 0 Å². The van der Waals surface area contributed by atoms with Gasteiger partial charge in [0, 0.05) is 12.8 Å². The van der Waals surface area contributed by atoms with Gasteiger partial charge in [-0.25, -0.2) is 0 Å². The molecule has 0 unspecified atom stereocenters. The van der Waals surface area contributed by atoms with Crippen LogP contribution >= 0.6 is 0 Å². The van der Waals surface area contributed by atoms with E-state index in [1.165, 1.54) is 0 Å². The predicted octanol–water partition coefficient (Wildman–Crippen LogP) is 1.96. The Hall–Kier alpha value is -1.39. The molecule has 0 radical (unpaired) electrons. The molecule has 4 heteroatoms. The molecule has 2 N–H and O–H groups in total. The van der Waals surface area contributed by atoms with Crippen LogP contribution < -0.4 is 10.6 Å². The fourth-order valence-electron chi connectivity index (χ4n) is 2.37. The van der Waals surface area contributed by atoms with Crippen molar-refractivity contribution < 1.29 is 9.53 Å². The SMILES string of the molecule is COCCc1ccccc1NC(=O)[C@H]1CCCCN1. The zero-order chi connectivity index (χ0) is 13.5. The molecule has 19 heavy (non-hydrogen) atoms. The van der Waals surface area contributed by atoms with E-state index in [1.807, 2.05) is 24.3 Å². The minimum absolute atomic E-state index is 0.0516. The second-order valence-corrected chi connectivity index (χ2v) is 4.89. The molecule has 1 aromatic carbocycles. The van der Waals surface area contributed by atoms with Gasteiger partial charge in [0.15, 0.2) is 0 Å². The monoisotopic (exact) mass is 262 g/mol. The second-order valence-electron chi connectivity index (χ2n) is 4.89. The number of ether oxygens (including phenoxy) is 1. The molecule has 0 aliphatic carbocycles. The van der Waals surface area contributed by atoms with Crippen molar-refractivity contribution in [3.8, 4) is 0 Å². The Kier molecular flexibility index (Phi) is 5.36. The minimum atomic E-state index is -0.0516. The largest absolute Gasteiger partial charge is 0.384 e. The third-order valence-electron chi connectivity index (χ3n) is 3.48. The second kappa shape index (κ2) is 7.26. The van der Waals surface area contributed by atoms with Crippen molar-refractivity contribution in [1.82, 2.24) is 5.32 Å². The molecule has 0 aromatic heterocycles. The average molecular weight is 262 g/mol. The first-order valence-electron chi connectivity index (χ1n) is 6.92. The fraction of sp³-hybridized carbons (Fsp3) is 0.533. The highest BCUT2D eigenvalue weighted by Gasteiger charge is 2.20. The smallest absolute Gasteiger partial charge is 0.241 e. The van der Waals surface area contributed by atoms with Gasteiger partial charge in [-0.05, 0) is 37.4 Å². The van der Waals surface area contributed by atoms with Gasteiger partial charge in [-0.15, -0.1) is 0 Å². The van der Waals surface area contributed by atoms with Gasteiger partial charge in [0.1, 0.15) is 0 Å². The molecule has 2 rings (SSSR count). The Labute approximate surface area is 114 Å². The summed E-state index contributed by atoms with van der Waals surface area (Å²) in [6.45, 7) is 1.60. The third-order valence-corrected chi connectivity index (χ3v) is 3.48. The van der Waals surface area contributed by atoms with E-state index in [2.05, 4.69) is 10.6 Å². The highest BCUT2D eigenvalue weighted by Crippen LogP contribution is 2.17. The summed E-state index contributed by atoms with van der Waals surface area (Å²) in [5.41, 5.74) is 2.02. The fourth-order valence-corrected chi connectivity index (χ4v) is 2.37. The summed E-state index contributed by atoms with van der Waals surface area (Å²) in [5, 5.41) is 6.30. The molecule has 0 spiro atoms. The van der Waals surface area contributed by atoms with Gasteiger partial charge < -0.3 is 15.4 Å². The number of para-hydroxylation sites is 1. The van der Waals surface area contributed by atoms with Gasteiger partial charge in [0.05, 0.1) is 12.6 Å². The lowest BCUT2D eigenvalue weighted by molar-refractivity contribution is -0.118. The van der Waals surface area contributed by atoms with Crippen LogP contribution in [0.15, 0.2) is 24.3 Å². The van der Waals surface area contributed by atoms with Crippen molar-refractivity contribution in [3.05, 3.63) is 29.8 Å². The first-order chi connectivity index (χ1) is 9.31. The van der Waals surface area contributed by atoms with Crippen LogP contribution in [-0.2, 0) is 16.0 Å². The van der Waals surface area contributed by atoms with Crippen LogP contribution in [0.1, 0.15) is 24.8 Å². The lowest BCUT2D eigenvalue weighted by atomic mass is 10.0. The summed E-state index contributed by atoms with van der Waals surface area (Å²) in [4.78, 5) is 12.2. The van der Waals surface area contributed by atoms with Crippen molar-refractivity contribution in [2.75, 3.05) is 25.6 Å². The first kappa shape index (κ1) is 14.0. The predicted molar refractivity (Wildman–Crippen MR) is 76.3 cm³/mol. The molecule has 1 fully saturated rings. The van der Waals surface area contributed by atoms with Gasteiger partial charge in [-0.1, -0.05) is 24.6 Å². The average Bonchev–Trinajstić information content (AvgIpc) is 2.47. The van der Waals surface area contributed by atoms with Crippen LogP contribution in [0.2, 0.25) is 0 Å². The molecular formula is C15H22N2O2. The number of amides is 1. The number of hydrogen-bond acceptors (Lipinski definition) is 3. The Bertz CT molecular complexity index is 414. The van der Waals surface area contributed by atoms with E-state index in [9.17, 15) is 4.79 Å². The molecule has 1 amide bonds. The summed E-state index contributed by atoms with van der Waals surface area (Å²) in [6, 6.07) is 7.86. The molecule has 1 aromatic rings. The normalized spacial score (nSPS) is 19.1. The molecule has 1 atom stereocenters. The minimum Gasteiger partial charge on any atom is -0.384 e. The molecule has 0 saturated carbocycles. The molecular weight excluding hydrogens is 240 g/mol. The number of carbonyl (C=O) groups is 1. The van der Waals surface area contributed by atoms with Crippen LogP contribution in [0.25, 0.3) is 0 Å². The molecule has 104 valence electrons. The van der Waals surface area contributed by atoms with Gasteiger partial charge >= 0.3 is 0 Å².